The third-order valence-electron chi connectivity index (χ3n) is 5.08. The number of carbonyl (C=O) groups excluding carboxylic acids is 1. The molecule has 0 aliphatic heterocycles. The maximum atomic E-state index is 13.2. The molecule has 0 spiro atoms. The zero-order chi connectivity index (χ0) is 18.7. The number of hydrogen-bond donors (Lipinski definition) is 1. The van der Waals surface area contributed by atoms with Crippen LogP contribution >= 0.6 is 22.9 Å². The lowest BCUT2D eigenvalue weighted by Crippen LogP contribution is -2.16. The zero-order valence-corrected chi connectivity index (χ0v) is 16.4. The molecular formula is C19H16ClN5OS. The second-order valence-electron chi connectivity index (χ2n) is 6.75. The number of nitrogens with zero attached hydrogens (tertiary/aromatic N) is 4. The van der Waals surface area contributed by atoms with Crippen LogP contribution in [0.3, 0.4) is 0 Å². The molecule has 3 heterocycles. The van der Waals surface area contributed by atoms with E-state index in [1.807, 2.05) is 26.0 Å². The highest BCUT2D eigenvalue weighted by Gasteiger charge is 2.25. The monoisotopic (exact) mass is 397 g/mol. The number of thiazole rings is 1. The Balaban J connectivity index is 1.61. The van der Waals surface area contributed by atoms with Gasteiger partial charge in [0.25, 0.3) is 11.9 Å². The molecule has 1 N–H and O–H groups in total. The summed E-state index contributed by atoms with van der Waals surface area (Å²) in [6.45, 7) is 4.02. The predicted molar refractivity (Wildman–Crippen MR) is 107 cm³/mol. The molecule has 1 amide bonds. The zero-order valence-electron chi connectivity index (χ0n) is 14.8. The summed E-state index contributed by atoms with van der Waals surface area (Å²) in [5.74, 6) is 0.100. The van der Waals surface area contributed by atoms with Crippen LogP contribution in [0.1, 0.15) is 38.6 Å². The number of fused-ring (bicyclic) bond motifs is 3. The molecule has 0 saturated carbocycles. The third kappa shape index (κ3) is 2.61. The number of halogens is 1. The molecule has 0 bridgehead atoms. The molecule has 0 saturated heterocycles. The second-order valence-corrected chi connectivity index (χ2v) is 8.37. The summed E-state index contributed by atoms with van der Waals surface area (Å²) in [6, 6.07) is 5.48. The standard InChI is InChI=1S/C19H16ClN5OS/c1-9-10(2)27-19-23-18(24-25(9)19)22-17(26)16-12-4-3-5-14(12)21-15-7-6-11(20)8-13(15)16/h6-8H,3-5H2,1-2H3,(H,22,24,26). The lowest BCUT2D eigenvalue weighted by Gasteiger charge is -2.11. The average Bonchev–Trinajstić information content (AvgIpc) is 3.30. The summed E-state index contributed by atoms with van der Waals surface area (Å²) in [6.07, 6.45) is 2.74. The number of hydrogen-bond acceptors (Lipinski definition) is 5. The summed E-state index contributed by atoms with van der Waals surface area (Å²) in [5, 5.41) is 8.67. The number of carbonyl (C=O) groups is 1. The molecule has 1 aliphatic carbocycles. The molecule has 0 fully saturated rings. The van der Waals surface area contributed by atoms with Gasteiger partial charge >= 0.3 is 0 Å². The molecule has 27 heavy (non-hydrogen) atoms. The Morgan fingerprint density at radius 3 is 2.93 bits per heavy atom. The first-order valence-electron chi connectivity index (χ1n) is 8.76. The Morgan fingerprint density at radius 1 is 1.26 bits per heavy atom. The van der Waals surface area contributed by atoms with Crippen molar-refractivity contribution in [1.29, 1.82) is 0 Å². The fourth-order valence-electron chi connectivity index (χ4n) is 3.65. The number of aromatic nitrogens is 4. The molecular weight excluding hydrogens is 382 g/mol. The minimum Gasteiger partial charge on any atom is -0.289 e. The summed E-state index contributed by atoms with van der Waals surface area (Å²) >= 11 is 7.75. The van der Waals surface area contributed by atoms with Crippen molar-refractivity contribution in [1.82, 2.24) is 19.6 Å². The van der Waals surface area contributed by atoms with Gasteiger partial charge in [-0.2, -0.15) is 4.98 Å². The van der Waals surface area contributed by atoms with E-state index in [1.165, 1.54) is 0 Å². The van der Waals surface area contributed by atoms with E-state index in [2.05, 4.69) is 15.4 Å². The Kier molecular flexibility index (Phi) is 3.70. The van der Waals surface area contributed by atoms with Gasteiger partial charge in [0.15, 0.2) is 0 Å². The van der Waals surface area contributed by atoms with E-state index in [9.17, 15) is 4.79 Å². The number of amides is 1. The van der Waals surface area contributed by atoms with Crippen molar-refractivity contribution < 1.29 is 4.79 Å². The quantitative estimate of drug-likeness (QED) is 0.545. The molecule has 1 aliphatic rings. The third-order valence-corrected chi connectivity index (χ3v) is 6.36. The van der Waals surface area contributed by atoms with Crippen LogP contribution in [-0.2, 0) is 12.8 Å². The van der Waals surface area contributed by atoms with Crippen molar-refractivity contribution in [3.63, 3.8) is 0 Å². The van der Waals surface area contributed by atoms with Gasteiger partial charge in [0.2, 0.25) is 4.96 Å². The Labute approximate surface area is 164 Å². The van der Waals surface area contributed by atoms with Crippen LogP contribution in [0.15, 0.2) is 18.2 Å². The molecule has 4 aromatic rings. The molecule has 0 atom stereocenters. The maximum absolute atomic E-state index is 13.2. The van der Waals surface area contributed by atoms with Crippen molar-refractivity contribution in [2.45, 2.75) is 33.1 Å². The summed E-state index contributed by atoms with van der Waals surface area (Å²) in [7, 11) is 0. The summed E-state index contributed by atoms with van der Waals surface area (Å²) in [5.41, 5.74) is 4.47. The molecule has 6 nitrogen and oxygen atoms in total. The molecule has 5 rings (SSSR count). The van der Waals surface area contributed by atoms with Crippen LogP contribution in [0, 0.1) is 13.8 Å². The molecule has 8 heteroatoms. The topological polar surface area (TPSA) is 72.2 Å². The van der Waals surface area contributed by atoms with Crippen LogP contribution < -0.4 is 5.32 Å². The number of anilines is 1. The van der Waals surface area contributed by atoms with E-state index in [1.54, 1.807) is 21.9 Å². The van der Waals surface area contributed by atoms with Gasteiger partial charge < -0.3 is 0 Å². The molecule has 136 valence electrons. The number of pyridine rings is 1. The van der Waals surface area contributed by atoms with Gasteiger partial charge in [-0.1, -0.05) is 22.9 Å². The lowest BCUT2D eigenvalue weighted by atomic mass is 10.0. The van der Waals surface area contributed by atoms with Crippen molar-refractivity contribution in [3.8, 4) is 0 Å². The van der Waals surface area contributed by atoms with Crippen molar-refractivity contribution >= 4 is 50.7 Å². The van der Waals surface area contributed by atoms with Crippen LogP contribution in [0.25, 0.3) is 15.9 Å². The Morgan fingerprint density at radius 2 is 2.11 bits per heavy atom. The van der Waals surface area contributed by atoms with Gasteiger partial charge in [-0.15, -0.1) is 5.10 Å². The Bertz CT molecular complexity index is 1240. The number of rotatable bonds is 2. The van der Waals surface area contributed by atoms with E-state index >= 15 is 0 Å². The first-order valence-corrected chi connectivity index (χ1v) is 9.96. The molecule has 3 aromatic heterocycles. The SMILES string of the molecule is Cc1sc2nc(NC(=O)c3c4c(nc5ccc(Cl)cc35)CCC4)nn2c1C. The fraction of sp³-hybridized carbons (Fsp3) is 0.263. The largest absolute Gasteiger partial charge is 0.289 e. The number of benzene rings is 1. The predicted octanol–water partition coefficient (Wildman–Crippen LogP) is 4.35. The average molecular weight is 398 g/mol. The highest BCUT2D eigenvalue weighted by atomic mass is 35.5. The minimum absolute atomic E-state index is 0.213. The normalized spacial score (nSPS) is 13.4. The van der Waals surface area contributed by atoms with Crippen molar-refractivity contribution in [3.05, 3.63) is 50.6 Å². The number of nitrogens with one attached hydrogen (secondary N) is 1. The van der Waals surface area contributed by atoms with E-state index in [0.717, 1.165) is 57.0 Å². The fourth-order valence-corrected chi connectivity index (χ4v) is 4.73. The van der Waals surface area contributed by atoms with Crippen LogP contribution in [0.5, 0.6) is 0 Å². The summed E-state index contributed by atoms with van der Waals surface area (Å²) in [4.78, 5) is 24.3. The second kappa shape index (κ2) is 6.00. The van der Waals surface area contributed by atoms with Gasteiger partial charge in [-0.3, -0.25) is 15.1 Å². The van der Waals surface area contributed by atoms with Crippen molar-refractivity contribution in [2.24, 2.45) is 0 Å². The summed E-state index contributed by atoms with van der Waals surface area (Å²) < 4.78 is 1.77. The van der Waals surface area contributed by atoms with Gasteiger partial charge in [0.1, 0.15) is 0 Å². The van der Waals surface area contributed by atoms with Gasteiger partial charge in [-0.05, 0) is 56.9 Å². The van der Waals surface area contributed by atoms with Gasteiger partial charge in [0.05, 0.1) is 16.8 Å². The van der Waals surface area contributed by atoms with E-state index < -0.39 is 0 Å². The maximum Gasteiger partial charge on any atom is 0.259 e. The highest BCUT2D eigenvalue weighted by molar-refractivity contribution is 7.17. The Hall–Kier alpha value is -2.51. The smallest absolute Gasteiger partial charge is 0.259 e. The minimum atomic E-state index is -0.213. The van der Waals surface area contributed by atoms with Crippen LogP contribution in [0.2, 0.25) is 5.02 Å². The first-order chi connectivity index (χ1) is 13.0. The highest BCUT2D eigenvalue weighted by Crippen LogP contribution is 2.32. The van der Waals surface area contributed by atoms with Crippen LogP contribution in [-0.4, -0.2) is 25.5 Å². The lowest BCUT2D eigenvalue weighted by molar-refractivity contribution is 0.102. The van der Waals surface area contributed by atoms with Crippen LogP contribution in [0.4, 0.5) is 5.95 Å². The number of aryl methyl sites for hydroxylation is 3. The van der Waals surface area contributed by atoms with Crippen molar-refractivity contribution in [2.75, 3.05) is 5.32 Å². The van der Waals surface area contributed by atoms with E-state index in [-0.39, 0.29) is 5.91 Å². The molecule has 0 radical (unpaired) electrons. The van der Waals surface area contributed by atoms with E-state index in [0.29, 0.717) is 16.5 Å². The van der Waals surface area contributed by atoms with Gasteiger partial charge in [0, 0.05) is 21.0 Å². The molecule has 1 aromatic carbocycles. The van der Waals surface area contributed by atoms with E-state index in [4.69, 9.17) is 16.6 Å². The molecule has 0 unspecified atom stereocenters. The first kappa shape index (κ1) is 16.6. The van der Waals surface area contributed by atoms with Gasteiger partial charge in [-0.25, -0.2) is 4.52 Å².